The van der Waals surface area contributed by atoms with E-state index in [9.17, 15) is 0 Å². The third kappa shape index (κ3) is 1.13. The molecule has 2 heteroatoms. The minimum Gasteiger partial charge on any atom is -0.348 e. The van der Waals surface area contributed by atoms with E-state index < -0.39 is 0 Å². The first-order valence-corrected chi connectivity index (χ1v) is 6.76. The van der Waals surface area contributed by atoms with Gasteiger partial charge in [0.1, 0.15) is 5.82 Å². The summed E-state index contributed by atoms with van der Waals surface area (Å²) in [6, 6.07) is 14.5. The third-order valence-corrected chi connectivity index (χ3v) is 4.77. The monoisotopic (exact) mass is 238 g/mol. The summed E-state index contributed by atoms with van der Waals surface area (Å²) in [5, 5.41) is 0. The lowest BCUT2D eigenvalue weighted by Crippen LogP contribution is -2.36. The van der Waals surface area contributed by atoms with E-state index in [2.05, 4.69) is 66.0 Å². The van der Waals surface area contributed by atoms with Crippen molar-refractivity contribution in [3.05, 3.63) is 53.7 Å². The molecule has 1 aliphatic carbocycles. The van der Waals surface area contributed by atoms with Crippen LogP contribution < -0.4 is 4.90 Å². The number of aryl methyl sites for hydroxylation is 1. The van der Waals surface area contributed by atoms with E-state index in [4.69, 9.17) is 0 Å². The van der Waals surface area contributed by atoms with Gasteiger partial charge >= 0.3 is 0 Å². The summed E-state index contributed by atoms with van der Waals surface area (Å²) < 4.78 is 2.24. The molecule has 2 heterocycles. The molecule has 2 aromatic rings. The molecular weight excluding hydrogens is 220 g/mol. The van der Waals surface area contributed by atoms with Crippen LogP contribution in [-0.2, 0) is 7.05 Å². The van der Waals surface area contributed by atoms with Crippen LogP contribution in [0.4, 0.5) is 5.82 Å². The lowest BCUT2D eigenvalue weighted by molar-refractivity contribution is 0.600. The van der Waals surface area contributed by atoms with Crippen LogP contribution in [0.1, 0.15) is 36.4 Å². The summed E-state index contributed by atoms with van der Waals surface area (Å²) in [4.78, 5) is 2.60. The van der Waals surface area contributed by atoms with Crippen molar-refractivity contribution in [2.24, 2.45) is 7.05 Å². The van der Waals surface area contributed by atoms with E-state index >= 15 is 0 Å². The average Bonchev–Trinajstić information content (AvgIpc) is 3.03. The lowest BCUT2D eigenvalue weighted by atomic mass is 9.93. The predicted octanol–water partition coefficient (Wildman–Crippen LogP) is 3.46. The van der Waals surface area contributed by atoms with Gasteiger partial charge in [0.15, 0.2) is 0 Å². The van der Waals surface area contributed by atoms with Gasteiger partial charge in [0.2, 0.25) is 0 Å². The van der Waals surface area contributed by atoms with Crippen LogP contribution in [0.15, 0.2) is 42.6 Å². The summed E-state index contributed by atoms with van der Waals surface area (Å²) >= 11 is 0. The molecule has 0 N–H and O–H groups in total. The fraction of sp³-hybridized carbons (Fsp3) is 0.375. The molecule has 2 nitrogen and oxygen atoms in total. The Hall–Kier alpha value is -1.70. The number of rotatable bonds is 1. The second-order valence-corrected chi connectivity index (χ2v) is 5.61. The first-order valence-electron chi connectivity index (χ1n) is 6.76. The molecule has 0 spiro atoms. The number of nitrogens with zero attached hydrogens (tertiary/aromatic N) is 2. The van der Waals surface area contributed by atoms with Gasteiger partial charge in [-0.2, -0.15) is 0 Å². The number of aromatic nitrogens is 1. The van der Waals surface area contributed by atoms with Crippen LogP contribution in [0.3, 0.4) is 0 Å². The standard InChI is InChI=1S/C16H18N2/c1-11-14-10-15(13-7-4-3-6-12(13)14)18(11)16-8-5-9-17(16)2/h3-9,11,14-15H,10H2,1-2H3. The third-order valence-electron chi connectivity index (χ3n) is 4.77. The molecule has 1 aromatic carbocycles. The minimum absolute atomic E-state index is 0.579. The van der Waals surface area contributed by atoms with Gasteiger partial charge in [0.05, 0.1) is 6.04 Å². The van der Waals surface area contributed by atoms with Crippen molar-refractivity contribution < 1.29 is 0 Å². The molecule has 1 aliphatic heterocycles. The Labute approximate surface area is 108 Å². The maximum absolute atomic E-state index is 2.60. The Morgan fingerprint density at radius 2 is 1.83 bits per heavy atom. The van der Waals surface area contributed by atoms with Crippen LogP contribution in [0.25, 0.3) is 0 Å². The fourth-order valence-electron chi connectivity index (χ4n) is 3.93. The van der Waals surface area contributed by atoms with Crippen molar-refractivity contribution >= 4 is 5.82 Å². The maximum atomic E-state index is 2.60. The molecule has 3 atom stereocenters. The second-order valence-electron chi connectivity index (χ2n) is 5.61. The highest BCUT2D eigenvalue weighted by Crippen LogP contribution is 2.54. The normalized spacial score (nSPS) is 28.8. The predicted molar refractivity (Wildman–Crippen MR) is 73.9 cm³/mol. The van der Waals surface area contributed by atoms with E-state index in [-0.39, 0.29) is 0 Å². The molecule has 4 rings (SSSR count). The van der Waals surface area contributed by atoms with E-state index in [1.807, 2.05) is 0 Å². The summed E-state index contributed by atoms with van der Waals surface area (Å²) in [7, 11) is 2.14. The van der Waals surface area contributed by atoms with E-state index in [0.29, 0.717) is 18.0 Å². The highest BCUT2D eigenvalue weighted by molar-refractivity contribution is 5.55. The topological polar surface area (TPSA) is 8.17 Å². The number of hydrogen-bond acceptors (Lipinski definition) is 1. The Morgan fingerprint density at radius 3 is 2.56 bits per heavy atom. The van der Waals surface area contributed by atoms with E-state index in [1.54, 1.807) is 11.1 Å². The van der Waals surface area contributed by atoms with Crippen molar-refractivity contribution in [1.82, 2.24) is 4.57 Å². The molecule has 92 valence electrons. The van der Waals surface area contributed by atoms with Crippen molar-refractivity contribution in [1.29, 1.82) is 0 Å². The molecule has 1 aromatic heterocycles. The number of hydrogen-bond donors (Lipinski definition) is 0. The van der Waals surface area contributed by atoms with Crippen LogP contribution in [-0.4, -0.2) is 10.6 Å². The van der Waals surface area contributed by atoms with Gasteiger partial charge in [-0.3, -0.25) is 0 Å². The zero-order chi connectivity index (χ0) is 12.3. The van der Waals surface area contributed by atoms with Gasteiger partial charge in [0.25, 0.3) is 0 Å². The first-order chi connectivity index (χ1) is 8.77. The molecule has 1 fully saturated rings. The number of anilines is 1. The first kappa shape index (κ1) is 10.2. The van der Waals surface area contributed by atoms with Crippen molar-refractivity contribution in [2.75, 3.05) is 4.90 Å². The van der Waals surface area contributed by atoms with Crippen LogP contribution in [0.5, 0.6) is 0 Å². The Morgan fingerprint density at radius 1 is 1.06 bits per heavy atom. The van der Waals surface area contributed by atoms with Gasteiger partial charge in [-0.25, -0.2) is 0 Å². The van der Waals surface area contributed by atoms with Gasteiger partial charge in [-0.1, -0.05) is 24.3 Å². The molecule has 2 aliphatic rings. The fourth-order valence-corrected chi connectivity index (χ4v) is 3.93. The number of benzene rings is 1. The van der Waals surface area contributed by atoms with Crippen LogP contribution >= 0.6 is 0 Å². The lowest BCUT2D eigenvalue weighted by Gasteiger charge is -2.36. The SMILES string of the molecule is CC1C2CC(c3ccccc32)N1c1cccn1C. The summed E-state index contributed by atoms with van der Waals surface area (Å²) in [6.45, 7) is 2.37. The summed E-state index contributed by atoms with van der Waals surface area (Å²) in [5.41, 5.74) is 3.13. The molecule has 18 heavy (non-hydrogen) atoms. The number of fused-ring (bicyclic) bond motifs is 5. The van der Waals surface area contributed by atoms with Crippen molar-refractivity contribution in [3.63, 3.8) is 0 Å². The molecular formula is C16H18N2. The van der Waals surface area contributed by atoms with Gasteiger partial charge in [-0.05, 0) is 36.6 Å². The van der Waals surface area contributed by atoms with Gasteiger partial charge < -0.3 is 9.47 Å². The molecule has 2 bridgehead atoms. The van der Waals surface area contributed by atoms with E-state index in [1.165, 1.54) is 12.2 Å². The zero-order valence-corrected chi connectivity index (χ0v) is 10.9. The zero-order valence-electron chi connectivity index (χ0n) is 10.9. The van der Waals surface area contributed by atoms with E-state index in [0.717, 1.165) is 0 Å². The molecule has 3 unspecified atom stereocenters. The van der Waals surface area contributed by atoms with Crippen molar-refractivity contribution in [3.8, 4) is 0 Å². The molecule has 0 amide bonds. The maximum Gasteiger partial charge on any atom is 0.108 e. The second kappa shape index (κ2) is 3.41. The minimum atomic E-state index is 0.579. The van der Waals surface area contributed by atoms with Gasteiger partial charge in [0, 0.05) is 25.2 Å². The Bertz CT molecular complexity index is 599. The average molecular weight is 238 g/mol. The van der Waals surface area contributed by atoms with Crippen molar-refractivity contribution in [2.45, 2.75) is 31.3 Å². The largest absolute Gasteiger partial charge is 0.348 e. The highest BCUT2D eigenvalue weighted by Gasteiger charge is 2.47. The summed E-state index contributed by atoms with van der Waals surface area (Å²) in [5.74, 6) is 2.06. The molecule has 0 radical (unpaired) electrons. The Balaban J connectivity index is 1.84. The smallest absolute Gasteiger partial charge is 0.108 e. The Kier molecular flexibility index (Phi) is 1.94. The van der Waals surface area contributed by atoms with Gasteiger partial charge in [-0.15, -0.1) is 0 Å². The van der Waals surface area contributed by atoms with Crippen LogP contribution in [0.2, 0.25) is 0 Å². The molecule has 1 saturated heterocycles. The quantitative estimate of drug-likeness (QED) is 0.738. The highest BCUT2D eigenvalue weighted by atomic mass is 15.3. The van der Waals surface area contributed by atoms with Crippen LogP contribution in [0, 0.1) is 0 Å². The molecule has 0 saturated carbocycles. The summed E-state index contributed by atoms with van der Waals surface area (Å²) in [6.07, 6.45) is 3.42.